The zero-order chi connectivity index (χ0) is 10.0. The van der Waals surface area contributed by atoms with E-state index in [1.807, 2.05) is 0 Å². The molecule has 1 aromatic carbocycles. The van der Waals surface area contributed by atoms with E-state index < -0.39 is 13.1 Å². The van der Waals surface area contributed by atoms with E-state index in [0.717, 1.165) is 0 Å². The third kappa shape index (κ3) is 2.57. The predicted molar refractivity (Wildman–Crippen MR) is 49.9 cm³/mol. The van der Waals surface area contributed by atoms with Gasteiger partial charge in [-0.25, -0.2) is 4.39 Å². The topological polar surface area (TPSA) is 49.7 Å². The fourth-order valence-corrected chi connectivity index (χ4v) is 1.27. The molecule has 0 radical (unpaired) electrons. The Balaban J connectivity index is 3.10. The largest absolute Gasteiger partial charge is 0.707 e. The molecule has 1 aromatic rings. The lowest BCUT2D eigenvalue weighted by atomic mass is 10.2. The summed E-state index contributed by atoms with van der Waals surface area (Å²) in [7, 11) is -2.08. The summed E-state index contributed by atoms with van der Waals surface area (Å²) in [5, 5.41) is 16.7. The lowest BCUT2D eigenvalue weighted by molar-refractivity contribution is 0.281. The maximum Gasteiger partial charge on any atom is 0.707 e. The summed E-state index contributed by atoms with van der Waals surface area (Å²) >= 11 is 8.39. The van der Waals surface area contributed by atoms with Crippen molar-refractivity contribution in [3.8, 4) is 5.75 Å². The van der Waals surface area contributed by atoms with E-state index in [9.17, 15) is 4.39 Å². The van der Waals surface area contributed by atoms with Crippen molar-refractivity contribution in [1.82, 2.24) is 0 Å². The van der Waals surface area contributed by atoms with Crippen molar-refractivity contribution < 1.29 is 19.1 Å². The first-order valence-corrected chi connectivity index (χ1v) is 4.35. The monoisotopic (exact) mass is 268 g/mol. The van der Waals surface area contributed by atoms with Gasteiger partial charge in [0.25, 0.3) is 0 Å². The van der Waals surface area contributed by atoms with Crippen molar-refractivity contribution >= 4 is 34.9 Å². The van der Waals surface area contributed by atoms with Crippen molar-refractivity contribution in [1.29, 1.82) is 0 Å². The van der Waals surface area contributed by atoms with Gasteiger partial charge in [-0.15, -0.1) is 0 Å². The Morgan fingerprint density at radius 1 is 1.46 bits per heavy atom. The molecule has 0 unspecified atom stereocenters. The van der Waals surface area contributed by atoms with E-state index in [-0.39, 0.29) is 15.2 Å². The Morgan fingerprint density at radius 3 is 2.62 bits per heavy atom. The van der Waals surface area contributed by atoms with Gasteiger partial charge in [0.05, 0.1) is 9.50 Å². The molecule has 0 atom stereocenters. The van der Waals surface area contributed by atoms with Crippen LogP contribution < -0.4 is 4.65 Å². The number of hydrogen-bond acceptors (Lipinski definition) is 3. The maximum absolute atomic E-state index is 13.1. The van der Waals surface area contributed by atoms with Crippen LogP contribution in [-0.4, -0.2) is 17.4 Å². The molecule has 0 amide bonds. The summed E-state index contributed by atoms with van der Waals surface area (Å²) in [4.78, 5) is 0. The first-order chi connectivity index (χ1) is 6.02. The van der Waals surface area contributed by atoms with E-state index in [4.69, 9.17) is 21.6 Å². The number of benzene rings is 1. The molecule has 3 nitrogen and oxygen atoms in total. The lowest BCUT2D eigenvalue weighted by Crippen LogP contribution is -2.21. The zero-order valence-corrected chi connectivity index (χ0v) is 8.51. The van der Waals surface area contributed by atoms with E-state index in [1.165, 1.54) is 12.1 Å². The molecule has 0 aliphatic carbocycles. The molecule has 0 aliphatic rings. The normalized spacial score (nSPS) is 9.92. The molecule has 0 heterocycles. The smallest absolute Gasteiger partial charge is 0.509 e. The molecule has 0 saturated carbocycles. The standard InChI is InChI=1S/C6H4BBrClFO3/c8-3-1-2-4(9)5(10)6(3)13-7(11)12/h1-2,11-12H. The van der Waals surface area contributed by atoms with Crippen LogP contribution in [0.15, 0.2) is 16.6 Å². The minimum absolute atomic E-state index is 0.154. The minimum Gasteiger partial charge on any atom is -0.509 e. The Labute approximate surface area is 87.4 Å². The molecular formula is C6H4BBrClFO3. The predicted octanol–water partition coefficient (Wildman–Crippen LogP) is 1.59. The minimum atomic E-state index is -2.08. The highest BCUT2D eigenvalue weighted by atomic mass is 79.9. The summed E-state index contributed by atoms with van der Waals surface area (Å²) in [5.41, 5.74) is 0. The molecular weight excluding hydrogens is 265 g/mol. The summed E-state index contributed by atoms with van der Waals surface area (Å²) in [5.74, 6) is -1.17. The average Bonchev–Trinajstić information content (AvgIpc) is 2.05. The molecule has 0 saturated heterocycles. The highest BCUT2D eigenvalue weighted by Gasteiger charge is 2.19. The number of hydrogen-bond donors (Lipinski definition) is 2. The Morgan fingerprint density at radius 2 is 2.08 bits per heavy atom. The molecule has 0 fully saturated rings. The average molecular weight is 269 g/mol. The van der Waals surface area contributed by atoms with E-state index in [0.29, 0.717) is 0 Å². The second-order valence-electron chi connectivity index (χ2n) is 2.12. The van der Waals surface area contributed by atoms with E-state index in [2.05, 4.69) is 20.6 Å². The number of rotatable bonds is 2. The van der Waals surface area contributed by atoms with Gasteiger partial charge >= 0.3 is 7.32 Å². The molecule has 0 aromatic heterocycles. The summed E-state index contributed by atoms with van der Waals surface area (Å²) < 4.78 is 17.7. The highest BCUT2D eigenvalue weighted by molar-refractivity contribution is 9.10. The van der Waals surface area contributed by atoms with Crippen molar-refractivity contribution in [2.45, 2.75) is 0 Å². The molecule has 70 valence electrons. The van der Waals surface area contributed by atoms with Gasteiger partial charge in [0.1, 0.15) is 0 Å². The summed E-state index contributed by atoms with van der Waals surface area (Å²) in [6.07, 6.45) is 0. The number of halogens is 3. The van der Waals surface area contributed by atoms with Crippen LogP contribution in [-0.2, 0) is 0 Å². The van der Waals surface area contributed by atoms with Crippen molar-refractivity contribution in [3.05, 3.63) is 27.4 Å². The van der Waals surface area contributed by atoms with Crippen LogP contribution in [0.4, 0.5) is 4.39 Å². The molecule has 1 rings (SSSR count). The van der Waals surface area contributed by atoms with Crippen LogP contribution in [0.1, 0.15) is 0 Å². The van der Waals surface area contributed by atoms with E-state index in [1.54, 1.807) is 0 Å². The summed E-state index contributed by atoms with van der Waals surface area (Å²) in [6.45, 7) is 0. The molecule has 0 spiro atoms. The third-order valence-electron chi connectivity index (χ3n) is 1.23. The SMILES string of the molecule is OB(O)Oc1c(Br)ccc(Cl)c1F. The second-order valence-corrected chi connectivity index (χ2v) is 3.38. The maximum atomic E-state index is 13.1. The Kier molecular flexibility index (Phi) is 3.55. The first-order valence-electron chi connectivity index (χ1n) is 3.18. The van der Waals surface area contributed by atoms with Crippen molar-refractivity contribution in [2.75, 3.05) is 0 Å². The highest BCUT2D eigenvalue weighted by Crippen LogP contribution is 2.32. The van der Waals surface area contributed by atoms with Gasteiger partial charge in [-0.1, -0.05) is 11.6 Å². The molecule has 0 aliphatic heterocycles. The van der Waals surface area contributed by atoms with E-state index >= 15 is 0 Å². The fourth-order valence-electron chi connectivity index (χ4n) is 0.722. The van der Waals surface area contributed by atoms with Crippen LogP contribution in [0, 0.1) is 5.82 Å². The van der Waals surface area contributed by atoms with Gasteiger partial charge in [0, 0.05) is 0 Å². The van der Waals surface area contributed by atoms with Crippen LogP contribution in [0.2, 0.25) is 5.02 Å². The van der Waals surface area contributed by atoms with Gasteiger partial charge in [-0.3, -0.25) is 0 Å². The third-order valence-corrected chi connectivity index (χ3v) is 2.14. The van der Waals surface area contributed by atoms with Gasteiger partial charge in [0.2, 0.25) is 0 Å². The molecule has 2 N–H and O–H groups in total. The van der Waals surface area contributed by atoms with Gasteiger partial charge < -0.3 is 14.7 Å². The molecule has 13 heavy (non-hydrogen) atoms. The molecule has 0 bridgehead atoms. The lowest BCUT2D eigenvalue weighted by Gasteiger charge is -2.08. The fraction of sp³-hybridized carbons (Fsp3) is 0. The van der Waals surface area contributed by atoms with Crippen LogP contribution in [0.3, 0.4) is 0 Å². The van der Waals surface area contributed by atoms with Gasteiger partial charge in [-0.05, 0) is 28.1 Å². The molecule has 7 heteroatoms. The summed E-state index contributed by atoms with van der Waals surface area (Å²) in [6, 6.07) is 2.75. The van der Waals surface area contributed by atoms with Crippen molar-refractivity contribution in [2.24, 2.45) is 0 Å². The second kappa shape index (κ2) is 4.28. The van der Waals surface area contributed by atoms with Crippen LogP contribution in [0.25, 0.3) is 0 Å². The quantitative estimate of drug-likeness (QED) is 0.633. The van der Waals surface area contributed by atoms with Crippen LogP contribution >= 0.6 is 27.5 Å². The zero-order valence-electron chi connectivity index (χ0n) is 6.17. The van der Waals surface area contributed by atoms with Crippen LogP contribution in [0.5, 0.6) is 5.75 Å². The van der Waals surface area contributed by atoms with Gasteiger partial charge in [0.15, 0.2) is 11.6 Å². The first kappa shape index (κ1) is 10.8. The Hall–Kier alpha value is -0.295. The Bertz CT molecular complexity index is 323. The van der Waals surface area contributed by atoms with Crippen molar-refractivity contribution in [3.63, 3.8) is 0 Å². The van der Waals surface area contributed by atoms with Gasteiger partial charge in [-0.2, -0.15) is 0 Å².